The van der Waals surface area contributed by atoms with E-state index >= 15 is 0 Å². The molecule has 0 saturated heterocycles. The van der Waals surface area contributed by atoms with Gasteiger partial charge < -0.3 is 4.90 Å². The maximum absolute atomic E-state index is 13.2. The van der Waals surface area contributed by atoms with Crippen molar-refractivity contribution in [3.63, 3.8) is 0 Å². The third-order valence-corrected chi connectivity index (χ3v) is 6.29. The summed E-state index contributed by atoms with van der Waals surface area (Å²) in [7, 11) is -0.661. The van der Waals surface area contributed by atoms with Gasteiger partial charge in [-0.25, -0.2) is 12.7 Å². The molecule has 140 valence electrons. The second-order valence-corrected chi connectivity index (χ2v) is 8.51. The zero-order valence-electron chi connectivity index (χ0n) is 15.6. The summed E-state index contributed by atoms with van der Waals surface area (Å²) in [5, 5.41) is 2.03. The molecular formula is C21H22N2O3S. The van der Waals surface area contributed by atoms with Crippen molar-refractivity contribution >= 4 is 32.4 Å². The van der Waals surface area contributed by atoms with Crippen LogP contribution >= 0.6 is 0 Å². The Balaban J connectivity index is 2.06. The highest BCUT2D eigenvalue weighted by atomic mass is 32.2. The molecule has 0 unspecified atom stereocenters. The Labute approximate surface area is 159 Å². The molecule has 0 radical (unpaired) electrons. The monoisotopic (exact) mass is 382 g/mol. The van der Waals surface area contributed by atoms with Crippen LogP contribution in [0.4, 0.5) is 5.69 Å². The average molecular weight is 382 g/mol. The zero-order valence-corrected chi connectivity index (χ0v) is 16.4. The summed E-state index contributed by atoms with van der Waals surface area (Å²) in [5.74, 6) is -0.232. The quantitative estimate of drug-likeness (QED) is 0.675. The number of anilines is 1. The van der Waals surface area contributed by atoms with E-state index in [2.05, 4.69) is 0 Å². The standard InChI is InChI=1S/C21H22N2O3S/c1-4-23(20-14-8-10-16-9-5-6-13-19(16)20)21(24)17-11-7-12-18(15-17)27(25,26)22(2)3/h5-15H,4H2,1-3H3. The summed E-state index contributed by atoms with van der Waals surface area (Å²) in [4.78, 5) is 15.0. The van der Waals surface area contributed by atoms with Gasteiger partial charge in [-0.05, 0) is 36.6 Å². The number of carbonyl (C=O) groups is 1. The molecule has 0 aliphatic carbocycles. The zero-order chi connectivity index (χ0) is 19.6. The van der Waals surface area contributed by atoms with E-state index in [-0.39, 0.29) is 10.8 Å². The number of carbonyl (C=O) groups excluding carboxylic acids is 1. The van der Waals surface area contributed by atoms with Crippen molar-refractivity contribution in [1.82, 2.24) is 4.31 Å². The first kappa shape index (κ1) is 19.1. The Morgan fingerprint density at radius 2 is 1.59 bits per heavy atom. The molecule has 3 rings (SSSR count). The highest BCUT2D eigenvalue weighted by Gasteiger charge is 2.22. The van der Waals surface area contributed by atoms with Gasteiger partial charge in [0.2, 0.25) is 10.0 Å². The molecule has 0 saturated carbocycles. The highest BCUT2D eigenvalue weighted by Crippen LogP contribution is 2.28. The minimum absolute atomic E-state index is 0.104. The molecule has 1 amide bonds. The third-order valence-electron chi connectivity index (χ3n) is 4.48. The Bertz CT molecular complexity index is 1090. The first-order chi connectivity index (χ1) is 12.9. The van der Waals surface area contributed by atoms with Crippen molar-refractivity contribution in [2.24, 2.45) is 0 Å². The van der Waals surface area contributed by atoms with Gasteiger partial charge in [0.25, 0.3) is 5.91 Å². The number of hydrogen-bond donors (Lipinski definition) is 0. The Kier molecular flexibility index (Phi) is 5.30. The highest BCUT2D eigenvalue weighted by molar-refractivity contribution is 7.89. The second-order valence-electron chi connectivity index (χ2n) is 6.36. The number of fused-ring (bicyclic) bond motifs is 1. The van der Waals surface area contributed by atoms with Crippen LogP contribution in [0.5, 0.6) is 0 Å². The maximum Gasteiger partial charge on any atom is 0.258 e. The number of hydrogen-bond acceptors (Lipinski definition) is 3. The van der Waals surface area contributed by atoms with E-state index in [9.17, 15) is 13.2 Å². The lowest BCUT2D eigenvalue weighted by atomic mass is 10.1. The van der Waals surface area contributed by atoms with Crippen molar-refractivity contribution in [2.75, 3.05) is 25.5 Å². The fraction of sp³-hybridized carbons (Fsp3) is 0.190. The predicted molar refractivity (Wildman–Crippen MR) is 109 cm³/mol. The lowest BCUT2D eigenvalue weighted by molar-refractivity contribution is 0.0988. The number of amides is 1. The lowest BCUT2D eigenvalue weighted by Gasteiger charge is -2.23. The molecule has 0 aliphatic rings. The van der Waals surface area contributed by atoms with Crippen LogP contribution in [-0.2, 0) is 10.0 Å². The summed E-state index contributed by atoms with van der Waals surface area (Å²) in [6, 6.07) is 19.9. The Morgan fingerprint density at radius 1 is 0.926 bits per heavy atom. The number of nitrogens with zero attached hydrogens (tertiary/aromatic N) is 2. The number of benzene rings is 3. The Hall–Kier alpha value is -2.70. The van der Waals surface area contributed by atoms with Gasteiger partial charge >= 0.3 is 0 Å². The normalized spacial score (nSPS) is 11.7. The second kappa shape index (κ2) is 7.50. The van der Waals surface area contributed by atoms with Crippen LogP contribution < -0.4 is 4.90 Å². The van der Waals surface area contributed by atoms with Gasteiger partial charge in [-0.2, -0.15) is 0 Å². The van der Waals surface area contributed by atoms with E-state index in [0.29, 0.717) is 12.1 Å². The fourth-order valence-corrected chi connectivity index (χ4v) is 3.97. The minimum atomic E-state index is -3.60. The van der Waals surface area contributed by atoms with Crippen LogP contribution in [0.3, 0.4) is 0 Å². The van der Waals surface area contributed by atoms with Crippen molar-refractivity contribution in [3.8, 4) is 0 Å². The van der Waals surface area contributed by atoms with Crippen LogP contribution in [-0.4, -0.2) is 39.3 Å². The minimum Gasteiger partial charge on any atom is -0.308 e. The van der Waals surface area contributed by atoms with Gasteiger partial charge in [0, 0.05) is 31.6 Å². The summed E-state index contributed by atoms with van der Waals surface area (Å²) >= 11 is 0. The van der Waals surface area contributed by atoms with Gasteiger partial charge in [-0.3, -0.25) is 4.79 Å². The molecule has 0 heterocycles. The van der Waals surface area contributed by atoms with E-state index in [1.165, 1.54) is 26.2 Å². The van der Waals surface area contributed by atoms with Crippen LogP contribution in [0.1, 0.15) is 17.3 Å². The summed E-state index contributed by atoms with van der Waals surface area (Å²) < 4.78 is 25.9. The van der Waals surface area contributed by atoms with Crippen molar-refractivity contribution in [3.05, 3.63) is 72.3 Å². The SMILES string of the molecule is CCN(C(=O)c1cccc(S(=O)(=O)N(C)C)c1)c1cccc2ccccc12. The molecule has 3 aromatic rings. The average Bonchev–Trinajstić information content (AvgIpc) is 2.68. The van der Waals surface area contributed by atoms with Crippen molar-refractivity contribution in [1.29, 1.82) is 0 Å². The molecule has 0 bridgehead atoms. The molecule has 3 aromatic carbocycles. The van der Waals surface area contributed by atoms with Crippen LogP contribution in [0.2, 0.25) is 0 Å². The van der Waals surface area contributed by atoms with E-state index in [1.54, 1.807) is 17.0 Å². The summed E-state index contributed by atoms with van der Waals surface area (Å²) in [6.07, 6.45) is 0. The van der Waals surface area contributed by atoms with E-state index in [0.717, 1.165) is 20.8 Å². The third kappa shape index (κ3) is 3.59. The topological polar surface area (TPSA) is 57.7 Å². The summed E-state index contributed by atoms with van der Waals surface area (Å²) in [5.41, 5.74) is 1.15. The first-order valence-electron chi connectivity index (χ1n) is 8.68. The first-order valence-corrected chi connectivity index (χ1v) is 10.1. The molecule has 0 aromatic heterocycles. The molecule has 0 N–H and O–H groups in total. The fourth-order valence-electron chi connectivity index (χ4n) is 3.02. The predicted octanol–water partition coefficient (Wildman–Crippen LogP) is 3.76. The van der Waals surface area contributed by atoms with Crippen molar-refractivity contribution < 1.29 is 13.2 Å². The molecule has 5 nitrogen and oxygen atoms in total. The maximum atomic E-state index is 13.2. The molecule has 6 heteroatoms. The van der Waals surface area contributed by atoms with E-state index in [1.807, 2.05) is 49.4 Å². The molecule has 0 aliphatic heterocycles. The van der Waals surface area contributed by atoms with Gasteiger partial charge in [0.1, 0.15) is 0 Å². The van der Waals surface area contributed by atoms with Gasteiger partial charge in [-0.1, -0.05) is 42.5 Å². The molecule has 0 spiro atoms. The van der Waals surface area contributed by atoms with Crippen LogP contribution in [0.25, 0.3) is 10.8 Å². The van der Waals surface area contributed by atoms with Gasteiger partial charge in [0.15, 0.2) is 0 Å². The number of rotatable bonds is 5. The van der Waals surface area contributed by atoms with Crippen molar-refractivity contribution in [2.45, 2.75) is 11.8 Å². The molecule has 0 atom stereocenters. The summed E-state index contributed by atoms with van der Waals surface area (Å²) in [6.45, 7) is 2.37. The lowest BCUT2D eigenvalue weighted by Crippen LogP contribution is -2.31. The van der Waals surface area contributed by atoms with Gasteiger partial charge in [-0.15, -0.1) is 0 Å². The van der Waals surface area contributed by atoms with Crippen LogP contribution in [0.15, 0.2) is 71.6 Å². The van der Waals surface area contributed by atoms with E-state index < -0.39 is 10.0 Å². The van der Waals surface area contributed by atoms with Gasteiger partial charge in [0.05, 0.1) is 10.6 Å². The Morgan fingerprint density at radius 3 is 2.30 bits per heavy atom. The molecular weight excluding hydrogens is 360 g/mol. The van der Waals surface area contributed by atoms with E-state index in [4.69, 9.17) is 0 Å². The molecule has 27 heavy (non-hydrogen) atoms. The largest absolute Gasteiger partial charge is 0.308 e. The smallest absolute Gasteiger partial charge is 0.258 e. The molecule has 0 fully saturated rings. The number of sulfonamides is 1. The van der Waals surface area contributed by atoms with Crippen LogP contribution in [0, 0.1) is 0 Å².